The monoisotopic (exact) mass is 504 g/mol. The number of imidazole rings is 1. The maximum absolute atomic E-state index is 4.53. The molecule has 1 atom stereocenters. The van der Waals surface area contributed by atoms with E-state index in [-0.39, 0.29) is 24.0 Å². The van der Waals surface area contributed by atoms with Crippen LogP contribution in [-0.2, 0) is 6.54 Å². The summed E-state index contributed by atoms with van der Waals surface area (Å²) in [5, 5.41) is 6.75. The number of nitrogens with one attached hydrogen (secondary N) is 2. The summed E-state index contributed by atoms with van der Waals surface area (Å²) in [5.74, 6) is 2.98. The molecular formula is C22H29IN6. The third kappa shape index (κ3) is 6.28. The Bertz CT molecular complexity index is 915. The molecule has 0 saturated heterocycles. The highest BCUT2D eigenvalue weighted by molar-refractivity contribution is 14.0. The van der Waals surface area contributed by atoms with Crippen LogP contribution in [0.1, 0.15) is 35.4 Å². The number of guanidine groups is 1. The molecule has 2 aromatic heterocycles. The van der Waals surface area contributed by atoms with Crippen LogP contribution in [0.15, 0.2) is 60.0 Å². The zero-order chi connectivity index (χ0) is 19.9. The van der Waals surface area contributed by atoms with Crippen LogP contribution in [0.3, 0.4) is 0 Å². The van der Waals surface area contributed by atoms with Crippen molar-refractivity contribution in [2.24, 2.45) is 4.99 Å². The molecule has 6 nitrogen and oxygen atoms in total. The van der Waals surface area contributed by atoms with Gasteiger partial charge in [0.25, 0.3) is 0 Å². The van der Waals surface area contributed by atoms with Gasteiger partial charge in [-0.1, -0.05) is 42.8 Å². The third-order valence-electron chi connectivity index (χ3n) is 4.79. The second kappa shape index (κ2) is 10.9. The highest BCUT2D eigenvalue weighted by Crippen LogP contribution is 2.14. The number of hydrogen-bond acceptors (Lipinski definition) is 3. The van der Waals surface area contributed by atoms with Gasteiger partial charge in [-0.2, -0.15) is 0 Å². The molecule has 7 heteroatoms. The lowest BCUT2D eigenvalue weighted by molar-refractivity contribution is 0.698. The standard InChI is InChI=1S/C22H28N6.HI/c1-16-5-8-20(9-6-16)17(2)13-26-22(23-4)27-15-19-7-10-21(25-14-19)28-12-11-24-18(28)3;/h5-12,14,17H,13,15H2,1-4H3,(H2,23,26,27);1H. The lowest BCUT2D eigenvalue weighted by atomic mass is 10.0. The molecule has 3 aromatic rings. The van der Waals surface area contributed by atoms with Crippen molar-refractivity contribution in [3.8, 4) is 5.82 Å². The van der Waals surface area contributed by atoms with Gasteiger partial charge in [0, 0.05) is 38.7 Å². The van der Waals surface area contributed by atoms with E-state index in [9.17, 15) is 0 Å². The normalized spacial score (nSPS) is 12.2. The number of benzene rings is 1. The van der Waals surface area contributed by atoms with Crippen molar-refractivity contribution in [3.05, 3.63) is 77.5 Å². The van der Waals surface area contributed by atoms with Gasteiger partial charge >= 0.3 is 0 Å². The average molecular weight is 504 g/mol. The van der Waals surface area contributed by atoms with E-state index in [4.69, 9.17) is 0 Å². The van der Waals surface area contributed by atoms with Gasteiger partial charge in [0.05, 0.1) is 0 Å². The van der Waals surface area contributed by atoms with Crippen LogP contribution in [-0.4, -0.2) is 34.1 Å². The van der Waals surface area contributed by atoms with Crippen LogP contribution in [0.5, 0.6) is 0 Å². The molecule has 0 bridgehead atoms. The second-order valence-corrected chi connectivity index (χ2v) is 6.99. The minimum absolute atomic E-state index is 0. The topological polar surface area (TPSA) is 67.1 Å². The molecule has 0 saturated carbocycles. The molecule has 0 spiro atoms. The molecule has 3 rings (SSSR count). The summed E-state index contributed by atoms with van der Waals surface area (Å²) < 4.78 is 1.96. The lowest BCUT2D eigenvalue weighted by Gasteiger charge is -2.16. The Kier molecular flexibility index (Phi) is 8.63. The average Bonchev–Trinajstić information content (AvgIpc) is 3.15. The van der Waals surface area contributed by atoms with Gasteiger partial charge in [0.1, 0.15) is 11.6 Å². The third-order valence-corrected chi connectivity index (χ3v) is 4.79. The van der Waals surface area contributed by atoms with E-state index in [1.165, 1.54) is 11.1 Å². The molecule has 0 aliphatic carbocycles. The molecule has 1 unspecified atom stereocenters. The van der Waals surface area contributed by atoms with Gasteiger partial charge in [-0.25, -0.2) is 9.97 Å². The Morgan fingerprint density at radius 2 is 1.83 bits per heavy atom. The summed E-state index contributed by atoms with van der Waals surface area (Å²) in [4.78, 5) is 13.1. The number of nitrogens with zero attached hydrogens (tertiary/aromatic N) is 4. The number of aromatic nitrogens is 3. The van der Waals surface area contributed by atoms with Crippen molar-refractivity contribution < 1.29 is 0 Å². The highest BCUT2D eigenvalue weighted by Gasteiger charge is 2.07. The van der Waals surface area contributed by atoms with E-state index in [2.05, 4.69) is 69.8 Å². The fraction of sp³-hybridized carbons (Fsp3) is 0.318. The van der Waals surface area contributed by atoms with Gasteiger partial charge in [0.15, 0.2) is 5.96 Å². The maximum atomic E-state index is 4.53. The Morgan fingerprint density at radius 3 is 2.41 bits per heavy atom. The Morgan fingerprint density at radius 1 is 1.07 bits per heavy atom. The predicted molar refractivity (Wildman–Crippen MR) is 129 cm³/mol. The van der Waals surface area contributed by atoms with Crippen molar-refractivity contribution >= 4 is 29.9 Å². The minimum Gasteiger partial charge on any atom is -0.356 e. The molecule has 0 fully saturated rings. The fourth-order valence-electron chi connectivity index (χ4n) is 2.95. The van der Waals surface area contributed by atoms with Gasteiger partial charge in [-0.3, -0.25) is 9.56 Å². The first-order chi connectivity index (χ1) is 13.6. The number of aryl methyl sites for hydroxylation is 2. The summed E-state index contributed by atoms with van der Waals surface area (Å²) in [5.41, 5.74) is 3.70. The first kappa shape index (κ1) is 22.9. The summed E-state index contributed by atoms with van der Waals surface area (Å²) in [6.45, 7) is 7.77. The van der Waals surface area contributed by atoms with Crippen molar-refractivity contribution in [3.63, 3.8) is 0 Å². The molecule has 0 radical (unpaired) electrons. The summed E-state index contributed by atoms with van der Waals surface area (Å²) in [6.07, 6.45) is 5.57. The molecule has 1 aromatic carbocycles. The molecule has 154 valence electrons. The number of hydrogen-bond donors (Lipinski definition) is 2. The number of rotatable bonds is 6. The van der Waals surface area contributed by atoms with Gasteiger partial charge in [0.2, 0.25) is 0 Å². The van der Waals surface area contributed by atoms with Crippen LogP contribution >= 0.6 is 24.0 Å². The first-order valence-electron chi connectivity index (χ1n) is 9.53. The van der Waals surface area contributed by atoms with Crippen LogP contribution < -0.4 is 10.6 Å². The van der Waals surface area contributed by atoms with Gasteiger partial charge < -0.3 is 10.6 Å². The first-order valence-corrected chi connectivity index (χ1v) is 9.53. The van der Waals surface area contributed by atoms with Gasteiger partial charge in [-0.05, 0) is 37.0 Å². The zero-order valence-electron chi connectivity index (χ0n) is 17.4. The lowest BCUT2D eigenvalue weighted by Crippen LogP contribution is -2.38. The van der Waals surface area contributed by atoms with Crippen LogP contribution in [0, 0.1) is 13.8 Å². The Balaban J connectivity index is 0.00000300. The SMILES string of the molecule is CN=C(NCc1ccc(-n2ccnc2C)nc1)NCC(C)c1ccc(C)cc1.I. The Labute approximate surface area is 189 Å². The summed E-state index contributed by atoms with van der Waals surface area (Å²) >= 11 is 0. The van der Waals surface area contributed by atoms with Crippen molar-refractivity contribution in [2.75, 3.05) is 13.6 Å². The quantitative estimate of drug-likeness (QED) is 0.303. The van der Waals surface area contributed by atoms with Gasteiger partial charge in [-0.15, -0.1) is 24.0 Å². The van der Waals surface area contributed by atoms with E-state index in [0.717, 1.165) is 29.7 Å². The van der Waals surface area contributed by atoms with Crippen LogP contribution in [0.25, 0.3) is 5.82 Å². The van der Waals surface area contributed by atoms with Crippen molar-refractivity contribution in [1.82, 2.24) is 25.2 Å². The van der Waals surface area contributed by atoms with Crippen LogP contribution in [0.4, 0.5) is 0 Å². The molecule has 2 N–H and O–H groups in total. The fourth-order valence-corrected chi connectivity index (χ4v) is 2.95. The molecular weight excluding hydrogens is 475 g/mol. The largest absolute Gasteiger partial charge is 0.356 e. The summed E-state index contributed by atoms with van der Waals surface area (Å²) in [7, 11) is 1.79. The predicted octanol–water partition coefficient (Wildman–Crippen LogP) is 3.97. The molecule has 2 heterocycles. The summed E-state index contributed by atoms with van der Waals surface area (Å²) in [6, 6.07) is 12.8. The van der Waals surface area contributed by atoms with E-state index < -0.39 is 0 Å². The number of halogens is 1. The van der Waals surface area contributed by atoms with Crippen molar-refractivity contribution in [1.29, 1.82) is 0 Å². The number of pyridine rings is 1. The smallest absolute Gasteiger partial charge is 0.191 e. The Hall–Kier alpha value is -2.42. The molecule has 0 aliphatic rings. The zero-order valence-corrected chi connectivity index (χ0v) is 19.7. The second-order valence-electron chi connectivity index (χ2n) is 6.99. The van der Waals surface area contributed by atoms with E-state index in [1.54, 1.807) is 13.2 Å². The number of aliphatic imine (C=N–C) groups is 1. The van der Waals surface area contributed by atoms with E-state index >= 15 is 0 Å². The molecule has 0 amide bonds. The van der Waals surface area contributed by atoms with Crippen LogP contribution in [0.2, 0.25) is 0 Å². The van der Waals surface area contributed by atoms with E-state index in [1.807, 2.05) is 30.0 Å². The molecule has 0 aliphatic heterocycles. The highest BCUT2D eigenvalue weighted by atomic mass is 127. The van der Waals surface area contributed by atoms with Crippen molar-refractivity contribution in [2.45, 2.75) is 33.2 Å². The maximum Gasteiger partial charge on any atom is 0.191 e. The molecule has 29 heavy (non-hydrogen) atoms. The van der Waals surface area contributed by atoms with E-state index in [0.29, 0.717) is 12.5 Å². The minimum atomic E-state index is 0.